The van der Waals surface area contributed by atoms with Gasteiger partial charge in [0.05, 0.1) is 28.2 Å². The summed E-state index contributed by atoms with van der Waals surface area (Å²) < 4.78 is 25.2. The van der Waals surface area contributed by atoms with Crippen molar-refractivity contribution in [3.8, 4) is 0 Å². The van der Waals surface area contributed by atoms with Crippen LogP contribution in [0.3, 0.4) is 0 Å². The van der Waals surface area contributed by atoms with Crippen molar-refractivity contribution in [2.75, 3.05) is 17.1 Å². The summed E-state index contributed by atoms with van der Waals surface area (Å²) in [5.74, 6) is -0.640. The van der Waals surface area contributed by atoms with E-state index < -0.39 is 22.5 Å². The number of carbonyl (C=O) groups is 1. The second-order valence-electron chi connectivity index (χ2n) is 5.63. The van der Waals surface area contributed by atoms with Gasteiger partial charge in [-0.25, -0.2) is 13.8 Å². The summed E-state index contributed by atoms with van der Waals surface area (Å²) in [7, 11) is -3.72. The molecule has 27 heavy (non-hydrogen) atoms. The van der Waals surface area contributed by atoms with Gasteiger partial charge in [-0.2, -0.15) is 5.10 Å². The number of rotatable bonds is 6. The summed E-state index contributed by atoms with van der Waals surface area (Å²) in [6, 6.07) is 9.73. The van der Waals surface area contributed by atoms with E-state index in [1.54, 1.807) is 37.3 Å². The van der Waals surface area contributed by atoms with E-state index in [2.05, 4.69) is 10.5 Å². The summed E-state index contributed by atoms with van der Waals surface area (Å²) >= 11 is 18.0. The molecule has 0 aromatic heterocycles. The Labute approximate surface area is 172 Å². The van der Waals surface area contributed by atoms with Crippen LogP contribution in [0.1, 0.15) is 11.1 Å². The number of nitrogens with one attached hydrogen (secondary N) is 1. The monoisotopic (exact) mass is 447 g/mol. The molecule has 0 aliphatic heterocycles. The fourth-order valence-electron chi connectivity index (χ4n) is 2.20. The molecular formula is C17H16Cl3N3O3S. The molecule has 0 saturated heterocycles. The highest BCUT2D eigenvalue weighted by atomic mass is 35.5. The van der Waals surface area contributed by atoms with Gasteiger partial charge in [0.15, 0.2) is 0 Å². The Balaban J connectivity index is 2.18. The van der Waals surface area contributed by atoms with Crippen LogP contribution in [0.2, 0.25) is 15.1 Å². The molecule has 10 heteroatoms. The molecule has 2 aromatic carbocycles. The zero-order valence-electron chi connectivity index (χ0n) is 14.4. The van der Waals surface area contributed by atoms with Gasteiger partial charge in [-0.05, 0) is 36.8 Å². The lowest BCUT2D eigenvalue weighted by atomic mass is 10.2. The third-order valence-corrected chi connectivity index (χ3v) is 5.53. The average molecular weight is 449 g/mol. The Morgan fingerprint density at radius 3 is 2.41 bits per heavy atom. The Morgan fingerprint density at radius 1 is 1.19 bits per heavy atom. The van der Waals surface area contributed by atoms with Crippen molar-refractivity contribution < 1.29 is 13.2 Å². The molecule has 144 valence electrons. The third kappa shape index (κ3) is 5.84. The van der Waals surface area contributed by atoms with E-state index in [-0.39, 0.29) is 0 Å². The number of nitrogens with zero attached hydrogens (tertiary/aromatic N) is 2. The van der Waals surface area contributed by atoms with Crippen LogP contribution in [0.15, 0.2) is 41.5 Å². The van der Waals surface area contributed by atoms with E-state index in [1.807, 2.05) is 0 Å². The molecule has 0 spiro atoms. The minimum atomic E-state index is -3.72. The molecule has 0 radical (unpaired) electrons. The van der Waals surface area contributed by atoms with Gasteiger partial charge >= 0.3 is 0 Å². The second-order valence-corrected chi connectivity index (χ2v) is 8.79. The minimum absolute atomic E-state index is 0.318. The van der Waals surface area contributed by atoms with Crippen molar-refractivity contribution in [3.05, 3.63) is 62.6 Å². The van der Waals surface area contributed by atoms with Crippen LogP contribution in [-0.2, 0) is 14.8 Å². The summed E-state index contributed by atoms with van der Waals surface area (Å²) in [6.07, 6.45) is 2.30. The van der Waals surface area contributed by atoms with E-state index in [4.69, 9.17) is 34.8 Å². The van der Waals surface area contributed by atoms with Gasteiger partial charge < -0.3 is 0 Å². The number of hydrogen-bond donors (Lipinski definition) is 1. The number of aryl methyl sites for hydroxylation is 1. The lowest BCUT2D eigenvalue weighted by molar-refractivity contribution is -0.119. The number of hydrazone groups is 1. The molecule has 0 fully saturated rings. The predicted molar refractivity (Wildman–Crippen MR) is 111 cm³/mol. The first-order valence-electron chi connectivity index (χ1n) is 7.59. The van der Waals surface area contributed by atoms with Crippen molar-refractivity contribution in [1.29, 1.82) is 0 Å². The number of amides is 1. The van der Waals surface area contributed by atoms with E-state index >= 15 is 0 Å². The Morgan fingerprint density at radius 2 is 1.81 bits per heavy atom. The van der Waals surface area contributed by atoms with Crippen LogP contribution in [0.5, 0.6) is 0 Å². The van der Waals surface area contributed by atoms with Crippen molar-refractivity contribution in [3.63, 3.8) is 0 Å². The largest absolute Gasteiger partial charge is 0.271 e. The average Bonchev–Trinajstić information content (AvgIpc) is 2.57. The fourth-order valence-corrected chi connectivity index (χ4v) is 3.77. The highest BCUT2D eigenvalue weighted by molar-refractivity contribution is 7.92. The van der Waals surface area contributed by atoms with Gasteiger partial charge in [-0.3, -0.25) is 9.10 Å². The number of hydrogen-bond acceptors (Lipinski definition) is 4. The zero-order chi connectivity index (χ0) is 20.2. The fraction of sp³-hybridized carbons (Fsp3) is 0.176. The molecule has 1 N–H and O–H groups in total. The molecule has 1 amide bonds. The molecule has 0 saturated carbocycles. The number of sulfonamides is 1. The Hall–Kier alpha value is -1.80. The normalized spacial score (nSPS) is 11.6. The molecule has 0 aliphatic rings. The molecule has 2 aromatic rings. The van der Waals surface area contributed by atoms with Gasteiger partial charge in [0.25, 0.3) is 5.91 Å². The van der Waals surface area contributed by atoms with Gasteiger partial charge in [0, 0.05) is 10.6 Å². The first-order chi connectivity index (χ1) is 12.6. The number of carbonyl (C=O) groups excluding carboxylic acids is 1. The standard InChI is InChI=1S/C17H16Cl3N3O3S/c1-11-6-7-12(18)8-16(11)23(27(2,25)26)10-17(24)22-21-9-13-14(19)4-3-5-15(13)20/h3-9H,10H2,1-2H3,(H,22,24)/b21-9+. The molecule has 2 rings (SSSR count). The van der Waals surface area contributed by atoms with Crippen molar-refractivity contribution in [1.82, 2.24) is 5.43 Å². The number of halogens is 3. The van der Waals surface area contributed by atoms with Crippen LogP contribution in [-0.4, -0.2) is 33.3 Å². The van der Waals surface area contributed by atoms with Gasteiger partial charge in [0.2, 0.25) is 10.0 Å². The zero-order valence-corrected chi connectivity index (χ0v) is 17.5. The van der Waals surface area contributed by atoms with Crippen molar-refractivity contribution >= 4 is 62.6 Å². The molecule has 6 nitrogen and oxygen atoms in total. The Kier molecular flexibility index (Phi) is 7.11. The molecule has 0 aliphatic carbocycles. The van der Waals surface area contributed by atoms with Crippen LogP contribution < -0.4 is 9.73 Å². The third-order valence-electron chi connectivity index (χ3n) is 3.51. The lowest BCUT2D eigenvalue weighted by Crippen LogP contribution is -2.39. The van der Waals surface area contributed by atoms with Crippen LogP contribution in [0.25, 0.3) is 0 Å². The lowest BCUT2D eigenvalue weighted by Gasteiger charge is -2.23. The van der Waals surface area contributed by atoms with E-state index in [1.165, 1.54) is 12.3 Å². The number of benzene rings is 2. The highest BCUT2D eigenvalue weighted by Gasteiger charge is 2.22. The molecule has 0 bridgehead atoms. The highest BCUT2D eigenvalue weighted by Crippen LogP contribution is 2.26. The van der Waals surface area contributed by atoms with Gasteiger partial charge in [-0.15, -0.1) is 0 Å². The van der Waals surface area contributed by atoms with Crippen molar-refractivity contribution in [2.24, 2.45) is 5.10 Å². The quantitative estimate of drug-likeness (QED) is 0.538. The predicted octanol–water partition coefficient (Wildman–Crippen LogP) is 3.87. The smallest absolute Gasteiger partial charge is 0.260 e. The molecule has 0 heterocycles. The summed E-state index contributed by atoms with van der Waals surface area (Å²) in [5.41, 5.74) is 3.68. The maximum atomic E-state index is 12.2. The van der Waals surface area contributed by atoms with Crippen LogP contribution in [0.4, 0.5) is 5.69 Å². The molecular weight excluding hydrogens is 433 g/mol. The summed E-state index contributed by atoms with van der Waals surface area (Å²) in [6.45, 7) is 1.26. The maximum Gasteiger partial charge on any atom is 0.260 e. The SMILES string of the molecule is Cc1ccc(Cl)cc1N(CC(=O)N/N=C/c1c(Cl)cccc1Cl)S(C)(=O)=O. The summed E-state index contributed by atoms with van der Waals surface area (Å²) in [5, 5.41) is 4.89. The summed E-state index contributed by atoms with van der Waals surface area (Å²) in [4.78, 5) is 12.2. The number of anilines is 1. The van der Waals surface area contributed by atoms with E-state index in [0.717, 1.165) is 10.6 Å². The first-order valence-corrected chi connectivity index (χ1v) is 10.6. The van der Waals surface area contributed by atoms with Crippen LogP contribution in [0, 0.1) is 6.92 Å². The maximum absolute atomic E-state index is 12.2. The topological polar surface area (TPSA) is 78.8 Å². The Bertz CT molecular complexity index is 974. The van der Waals surface area contributed by atoms with Crippen molar-refractivity contribution in [2.45, 2.75) is 6.92 Å². The van der Waals surface area contributed by atoms with E-state index in [0.29, 0.717) is 31.9 Å². The van der Waals surface area contributed by atoms with Gasteiger partial charge in [-0.1, -0.05) is 46.9 Å². The molecule has 0 atom stereocenters. The molecule has 0 unspecified atom stereocenters. The van der Waals surface area contributed by atoms with Crippen LogP contribution >= 0.6 is 34.8 Å². The second kappa shape index (κ2) is 8.93. The first kappa shape index (κ1) is 21.5. The minimum Gasteiger partial charge on any atom is -0.271 e. The van der Waals surface area contributed by atoms with Gasteiger partial charge in [0.1, 0.15) is 6.54 Å². The van der Waals surface area contributed by atoms with E-state index in [9.17, 15) is 13.2 Å².